The third kappa shape index (κ3) is 7.52. The van der Waals surface area contributed by atoms with Crippen LogP contribution in [-0.4, -0.2) is 43.6 Å². The molecule has 0 aliphatic heterocycles. The van der Waals surface area contributed by atoms with Gasteiger partial charge in [0.15, 0.2) is 5.96 Å². The van der Waals surface area contributed by atoms with Crippen LogP contribution in [0.5, 0.6) is 0 Å². The molecule has 1 rings (SSSR count). The average molecular weight is 432 g/mol. The second kappa shape index (κ2) is 10.1. The number of rotatable bonds is 6. The highest BCUT2D eigenvalue weighted by Crippen LogP contribution is 2.11. The van der Waals surface area contributed by atoms with Crippen LogP contribution in [0, 0.1) is 13.8 Å². The normalized spacial score (nSPS) is 12.1. The highest BCUT2D eigenvalue weighted by molar-refractivity contribution is 14.0. The molecular weight excluding hydrogens is 399 g/mol. The van der Waals surface area contributed by atoms with Gasteiger partial charge in [0.25, 0.3) is 0 Å². The Kier molecular flexibility index (Phi) is 9.77. The van der Waals surface area contributed by atoms with Crippen molar-refractivity contribution in [3.63, 3.8) is 0 Å². The Morgan fingerprint density at radius 1 is 1.17 bits per heavy atom. The summed E-state index contributed by atoms with van der Waals surface area (Å²) in [6, 6.07) is 6.52. The van der Waals surface area contributed by atoms with Crippen LogP contribution in [0.1, 0.15) is 37.5 Å². The van der Waals surface area contributed by atoms with E-state index in [1.807, 2.05) is 0 Å². The van der Waals surface area contributed by atoms with Gasteiger partial charge in [0.05, 0.1) is 6.54 Å². The maximum atomic E-state index is 4.71. The second-order valence-corrected chi connectivity index (χ2v) is 6.69. The van der Waals surface area contributed by atoms with Gasteiger partial charge >= 0.3 is 0 Å². The van der Waals surface area contributed by atoms with Crippen LogP contribution in [0.4, 0.5) is 0 Å². The Morgan fingerprint density at radius 2 is 1.83 bits per heavy atom. The average Bonchev–Trinajstić information content (AvgIpc) is 2.43. The van der Waals surface area contributed by atoms with E-state index in [1.54, 1.807) is 0 Å². The molecule has 0 heterocycles. The van der Waals surface area contributed by atoms with Crippen molar-refractivity contribution in [2.24, 2.45) is 4.99 Å². The number of guanidine groups is 1. The first-order chi connectivity index (χ1) is 10.3. The van der Waals surface area contributed by atoms with Crippen molar-refractivity contribution in [3.05, 3.63) is 34.9 Å². The van der Waals surface area contributed by atoms with Crippen molar-refractivity contribution in [2.75, 3.05) is 27.2 Å². The van der Waals surface area contributed by atoms with Crippen molar-refractivity contribution in [1.82, 2.24) is 15.5 Å². The molecule has 132 valence electrons. The van der Waals surface area contributed by atoms with Gasteiger partial charge < -0.3 is 15.5 Å². The van der Waals surface area contributed by atoms with E-state index >= 15 is 0 Å². The van der Waals surface area contributed by atoms with Crippen LogP contribution in [0.15, 0.2) is 23.2 Å². The summed E-state index contributed by atoms with van der Waals surface area (Å²) in [4.78, 5) is 6.93. The summed E-state index contributed by atoms with van der Waals surface area (Å²) in [6.45, 7) is 13.2. The van der Waals surface area contributed by atoms with Gasteiger partial charge in [-0.15, -0.1) is 24.0 Å². The first-order valence-electron chi connectivity index (χ1n) is 8.02. The van der Waals surface area contributed by atoms with Gasteiger partial charge in [0.2, 0.25) is 0 Å². The number of nitrogens with one attached hydrogen (secondary N) is 2. The molecule has 2 N–H and O–H groups in total. The zero-order valence-electron chi connectivity index (χ0n) is 15.7. The summed E-state index contributed by atoms with van der Waals surface area (Å²) in [5, 5.41) is 6.76. The van der Waals surface area contributed by atoms with Crippen LogP contribution < -0.4 is 10.6 Å². The lowest BCUT2D eigenvalue weighted by molar-refractivity contribution is 0.197. The molecule has 0 fully saturated rings. The maximum absolute atomic E-state index is 4.71. The standard InChI is InChI=1S/C18H32N4.HI/c1-8-19-17(21-13-18(4,5)22(6)7)20-12-16-10-9-14(2)11-15(16)3;/h9-11H,8,12-13H2,1-7H3,(H2,19,20,21);1H. The maximum Gasteiger partial charge on any atom is 0.191 e. The number of aryl methyl sites for hydroxylation is 2. The molecule has 4 nitrogen and oxygen atoms in total. The number of hydrogen-bond donors (Lipinski definition) is 2. The van der Waals surface area contributed by atoms with Crippen molar-refractivity contribution in [3.8, 4) is 0 Å². The van der Waals surface area contributed by atoms with Gasteiger partial charge in [-0.2, -0.15) is 0 Å². The van der Waals surface area contributed by atoms with E-state index in [-0.39, 0.29) is 29.5 Å². The third-order valence-electron chi connectivity index (χ3n) is 4.15. The van der Waals surface area contributed by atoms with Crippen LogP contribution in [0.25, 0.3) is 0 Å². The summed E-state index contributed by atoms with van der Waals surface area (Å²) in [6.07, 6.45) is 0. The van der Waals surface area contributed by atoms with Gasteiger partial charge in [-0.05, 0) is 59.8 Å². The topological polar surface area (TPSA) is 39.7 Å². The van der Waals surface area contributed by atoms with Crippen LogP contribution in [-0.2, 0) is 6.54 Å². The van der Waals surface area contributed by atoms with Crippen molar-refractivity contribution >= 4 is 29.9 Å². The molecular formula is C18H33IN4. The van der Waals surface area contributed by atoms with E-state index in [0.717, 1.165) is 19.0 Å². The lowest BCUT2D eigenvalue weighted by atomic mass is 10.0. The number of aliphatic imine (C=N–C) groups is 1. The van der Waals surface area contributed by atoms with E-state index in [1.165, 1.54) is 16.7 Å². The molecule has 1 aromatic rings. The van der Waals surface area contributed by atoms with Crippen molar-refractivity contribution < 1.29 is 0 Å². The van der Waals surface area contributed by atoms with Crippen molar-refractivity contribution in [1.29, 1.82) is 0 Å². The first-order valence-corrected chi connectivity index (χ1v) is 8.02. The molecule has 0 bridgehead atoms. The lowest BCUT2D eigenvalue weighted by Crippen LogP contribution is -2.50. The molecule has 0 aliphatic carbocycles. The predicted octanol–water partition coefficient (Wildman–Crippen LogP) is 3.32. The fraction of sp³-hybridized carbons (Fsp3) is 0.611. The number of halogens is 1. The second-order valence-electron chi connectivity index (χ2n) is 6.69. The molecule has 1 aromatic carbocycles. The van der Waals surface area contributed by atoms with Crippen LogP contribution in [0.3, 0.4) is 0 Å². The SMILES string of the molecule is CCNC(=NCc1ccc(C)cc1C)NCC(C)(C)N(C)C.I. The zero-order valence-corrected chi connectivity index (χ0v) is 18.0. The van der Waals surface area contributed by atoms with Gasteiger partial charge in [-0.1, -0.05) is 23.8 Å². The van der Waals surface area contributed by atoms with Crippen LogP contribution in [0.2, 0.25) is 0 Å². The fourth-order valence-electron chi connectivity index (χ4n) is 1.99. The Labute approximate surface area is 159 Å². The quantitative estimate of drug-likeness (QED) is 0.412. The van der Waals surface area contributed by atoms with E-state index in [2.05, 4.69) is 82.4 Å². The minimum Gasteiger partial charge on any atom is -0.357 e. The van der Waals surface area contributed by atoms with Gasteiger partial charge in [-0.3, -0.25) is 0 Å². The van der Waals surface area contributed by atoms with Gasteiger partial charge in [0, 0.05) is 18.6 Å². The van der Waals surface area contributed by atoms with E-state index in [9.17, 15) is 0 Å². The molecule has 0 unspecified atom stereocenters. The number of benzene rings is 1. The molecule has 0 aromatic heterocycles. The molecule has 0 amide bonds. The zero-order chi connectivity index (χ0) is 16.8. The summed E-state index contributed by atoms with van der Waals surface area (Å²) in [5.74, 6) is 0.873. The smallest absolute Gasteiger partial charge is 0.191 e. The largest absolute Gasteiger partial charge is 0.357 e. The van der Waals surface area contributed by atoms with Gasteiger partial charge in [0.1, 0.15) is 0 Å². The van der Waals surface area contributed by atoms with Gasteiger partial charge in [-0.25, -0.2) is 4.99 Å². The molecule has 0 aliphatic rings. The predicted molar refractivity (Wildman–Crippen MR) is 112 cm³/mol. The fourth-order valence-corrected chi connectivity index (χ4v) is 1.99. The summed E-state index contributed by atoms with van der Waals surface area (Å²) >= 11 is 0. The van der Waals surface area contributed by atoms with E-state index in [4.69, 9.17) is 4.99 Å². The third-order valence-corrected chi connectivity index (χ3v) is 4.15. The minimum atomic E-state index is 0. The van der Waals surface area contributed by atoms with Crippen molar-refractivity contribution in [2.45, 2.75) is 46.7 Å². The number of nitrogens with zero attached hydrogens (tertiary/aromatic N) is 2. The Morgan fingerprint density at radius 3 is 2.35 bits per heavy atom. The lowest BCUT2D eigenvalue weighted by Gasteiger charge is -2.33. The Hall–Kier alpha value is -0.820. The van der Waals surface area contributed by atoms with E-state index < -0.39 is 0 Å². The van der Waals surface area contributed by atoms with E-state index in [0.29, 0.717) is 6.54 Å². The molecule has 0 radical (unpaired) electrons. The molecule has 23 heavy (non-hydrogen) atoms. The summed E-state index contributed by atoms with van der Waals surface area (Å²) < 4.78 is 0. The Balaban J connectivity index is 0.00000484. The highest BCUT2D eigenvalue weighted by Gasteiger charge is 2.20. The van der Waals surface area contributed by atoms with Crippen LogP contribution >= 0.6 is 24.0 Å². The first kappa shape index (κ1) is 22.2. The molecule has 0 saturated heterocycles. The summed E-state index contributed by atoms with van der Waals surface area (Å²) in [7, 11) is 4.20. The monoisotopic (exact) mass is 432 g/mol. The molecule has 0 saturated carbocycles. The molecule has 0 spiro atoms. The number of likely N-dealkylation sites (N-methyl/N-ethyl adjacent to an activating group) is 1. The minimum absolute atomic E-state index is 0. The Bertz CT molecular complexity index is 510. The number of hydrogen-bond acceptors (Lipinski definition) is 2. The molecule has 5 heteroatoms. The summed E-state index contributed by atoms with van der Waals surface area (Å²) in [5.41, 5.74) is 3.95. The molecule has 0 atom stereocenters. The highest BCUT2D eigenvalue weighted by atomic mass is 127.